The molecule has 0 spiro atoms. The van der Waals surface area contributed by atoms with Gasteiger partial charge in [-0.05, 0) is 26.8 Å². The third kappa shape index (κ3) is 3.68. The lowest BCUT2D eigenvalue weighted by atomic mass is 10.1. The summed E-state index contributed by atoms with van der Waals surface area (Å²) in [7, 11) is 2.16. The number of hydrogen-bond donors (Lipinski definition) is 1. The van der Waals surface area contributed by atoms with E-state index in [0.29, 0.717) is 24.9 Å². The zero-order chi connectivity index (χ0) is 13.8. The van der Waals surface area contributed by atoms with E-state index < -0.39 is 0 Å². The molecule has 2 unspecified atom stereocenters. The van der Waals surface area contributed by atoms with Crippen LogP contribution in [0.2, 0.25) is 0 Å². The molecule has 2 atom stereocenters. The normalized spacial score (nSPS) is 27.7. The molecule has 0 aromatic carbocycles. The van der Waals surface area contributed by atoms with Crippen molar-refractivity contribution in [2.75, 3.05) is 46.3 Å². The van der Waals surface area contributed by atoms with Crippen LogP contribution in [0.4, 0.5) is 0 Å². The summed E-state index contributed by atoms with van der Waals surface area (Å²) < 4.78 is 0. The zero-order valence-corrected chi connectivity index (χ0v) is 12.3. The Morgan fingerprint density at radius 1 is 1.26 bits per heavy atom. The average molecular weight is 268 g/mol. The molecule has 0 bridgehead atoms. The van der Waals surface area contributed by atoms with Gasteiger partial charge in [0.25, 0.3) is 0 Å². The van der Waals surface area contributed by atoms with Crippen LogP contribution in [0.1, 0.15) is 26.2 Å². The van der Waals surface area contributed by atoms with Gasteiger partial charge in [0.2, 0.25) is 5.91 Å². The van der Waals surface area contributed by atoms with Crippen LogP contribution in [0.5, 0.6) is 0 Å². The van der Waals surface area contributed by atoms with E-state index in [1.165, 1.54) is 0 Å². The Hall–Kier alpha value is -0.650. The lowest BCUT2D eigenvalue weighted by Crippen LogP contribution is -2.56. The summed E-state index contributed by atoms with van der Waals surface area (Å²) in [6, 6.07) is 0.758. The summed E-state index contributed by atoms with van der Waals surface area (Å²) in [5, 5.41) is 0. The number of rotatable bonds is 4. The van der Waals surface area contributed by atoms with E-state index >= 15 is 0 Å². The van der Waals surface area contributed by atoms with Gasteiger partial charge in [-0.3, -0.25) is 9.69 Å². The smallest absolute Gasteiger partial charge is 0.224 e. The second-order valence-electron chi connectivity index (χ2n) is 6.01. The maximum Gasteiger partial charge on any atom is 0.224 e. The molecule has 5 heteroatoms. The molecule has 0 saturated carbocycles. The van der Waals surface area contributed by atoms with Crippen molar-refractivity contribution in [3.8, 4) is 0 Å². The number of carbonyl (C=O) groups excluding carboxylic acids is 1. The molecule has 2 N–H and O–H groups in total. The first-order valence-corrected chi connectivity index (χ1v) is 7.54. The van der Waals surface area contributed by atoms with Crippen LogP contribution in [-0.2, 0) is 4.79 Å². The maximum absolute atomic E-state index is 12.2. The lowest BCUT2D eigenvalue weighted by molar-refractivity contribution is -0.131. The van der Waals surface area contributed by atoms with Gasteiger partial charge in [0.1, 0.15) is 0 Å². The molecule has 0 aromatic rings. The predicted octanol–water partition coefficient (Wildman–Crippen LogP) is -0.0379. The van der Waals surface area contributed by atoms with Crippen molar-refractivity contribution in [1.29, 1.82) is 0 Å². The number of nitrogens with zero attached hydrogens (tertiary/aromatic N) is 3. The van der Waals surface area contributed by atoms with Crippen LogP contribution < -0.4 is 5.73 Å². The minimum Gasteiger partial charge on any atom is -0.343 e. The van der Waals surface area contributed by atoms with Crippen LogP contribution in [-0.4, -0.2) is 79.0 Å². The molecular formula is C14H28N4O. The number of likely N-dealkylation sites (N-methyl/N-ethyl adjacent to an activating group) is 1. The molecular weight excluding hydrogens is 240 g/mol. The van der Waals surface area contributed by atoms with E-state index in [9.17, 15) is 4.79 Å². The standard InChI is InChI=1S/C14H28N4O/c1-12-11-18(8-7-16(12)2)13(10-15)9-14(19)17-5-3-4-6-17/h12-13H,3-11,15H2,1-2H3. The molecule has 19 heavy (non-hydrogen) atoms. The number of likely N-dealkylation sites (tertiary alicyclic amines) is 1. The Balaban J connectivity index is 1.87. The number of amides is 1. The molecule has 5 nitrogen and oxygen atoms in total. The van der Waals surface area contributed by atoms with E-state index in [0.717, 1.165) is 45.6 Å². The third-order valence-electron chi connectivity index (χ3n) is 4.65. The molecule has 1 amide bonds. The van der Waals surface area contributed by atoms with Gasteiger partial charge in [-0.15, -0.1) is 0 Å². The Bertz CT molecular complexity index is 304. The quantitative estimate of drug-likeness (QED) is 0.777. The van der Waals surface area contributed by atoms with Crippen molar-refractivity contribution >= 4 is 5.91 Å². The fourth-order valence-corrected chi connectivity index (χ4v) is 3.07. The topological polar surface area (TPSA) is 52.8 Å². The van der Waals surface area contributed by atoms with Gasteiger partial charge in [-0.1, -0.05) is 0 Å². The molecule has 2 aliphatic heterocycles. The third-order valence-corrected chi connectivity index (χ3v) is 4.65. The minimum atomic E-state index is 0.212. The molecule has 2 rings (SSSR count). The number of nitrogens with two attached hydrogens (primary N) is 1. The van der Waals surface area contributed by atoms with Crippen LogP contribution in [0.25, 0.3) is 0 Å². The zero-order valence-electron chi connectivity index (χ0n) is 12.3. The van der Waals surface area contributed by atoms with Gasteiger partial charge >= 0.3 is 0 Å². The van der Waals surface area contributed by atoms with E-state index in [2.05, 4.69) is 23.8 Å². The Labute approximate surface area is 116 Å². The first kappa shape index (κ1) is 14.8. The van der Waals surface area contributed by atoms with Crippen molar-refractivity contribution < 1.29 is 4.79 Å². The van der Waals surface area contributed by atoms with Crippen molar-refractivity contribution in [2.45, 2.75) is 38.3 Å². The fourth-order valence-electron chi connectivity index (χ4n) is 3.07. The maximum atomic E-state index is 12.2. The van der Waals surface area contributed by atoms with Crippen LogP contribution in [0, 0.1) is 0 Å². The average Bonchev–Trinajstić information content (AvgIpc) is 2.93. The van der Waals surface area contributed by atoms with E-state index in [1.54, 1.807) is 0 Å². The molecule has 110 valence electrons. The molecule has 2 aliphatic rings. The SMILES string of the molecule is CC1CN(C(CN)CC(=O)N2CCCC2)CCN1C. The number of carbonyl (C=O) groups is 1. The van der Waals surface area contributed by atoms with Gasteiger partial charge in [-0.25, -0.2) is 0 Å². The Morgan fingerprint density at radius 3 is 2.53 bits per heavy atom. The monoisotopic (exact) mass is 268 g/mol. The van der Waals surface area contributed by atoms with E-state index in [-0.39, 0.29) is 6.04 Å². The molecule has 0 radical (unpaired) electrons. The van der Waals surface area contributed by atoms with Gasteiger partial charge in [-0.2, -0.15) is 0 Å². The van der Waals surface area contributed by atoms with Crippen molar-refractivity contribution in [2.24, 2.45) is 5.73 Å². The Morgan fingerprint density at radius 2 is 1.95 bits per heavy atom. The van der Waals surface area contributed by atoms with Crippen molar-refractivity contribution in [3.63, 3.8) is 0 Å². The highest BCUT2D eigenvalue weighted by Gasteiger charge is 2.29. The molecule has 2 fully saturated rings. The first-order valence-electron chi connectivity index (χ1n) is 7.54. The van der Waals surface area contributed by atoms with Crippen LogP contribution >= 0.6 is 0 Å². The second-order valence-corrected chi connectivity index (χ2v) is 6.01. The van der Waals surface area contributed by atoms with Gasteiger partial charge < -0.3 is 15.5 Å². The van der Waals surface area contributed by atoms with Crippen LogP contribution in [0.3, 0.4) is 0 Å². The van der Waals surface area contributed by atoms with Crippen molar-refractivity contribution in [3.05, 3.63) is 0 Å². The summed E-state index contributed by atoms with van der Waals surface area (Å²) in [4.78, 5) is 19.0. The highest BCUT2D eigenvalue weighted by atomic mass is 16.2. The molecule has 2 saturated heterocycles. The molecule has 0 aliphatic carbocycles. The van der Waals surface area contributed by atoms with Crippen molar-refractivity contribution in [1.82, 2.24) is 14.7 Å². The van der Waals surface area contributed by atoms with E-state index in [4.69, 9.17) is 5.73 Å². The largest absolute Gasteiger partial charge is 0.343 e. The number of hydrogen-bond acceptors (Lipinski definition) is 4. The van der Waals surface area contributed by atoms with Gasteiger partial charge in [0.05, 0.1) is 0 Å². The number of piperazine rings is 1. The fraction of sp³-hybridized carbons (Fsp3) is 0.929. The summed E-state index contributed by atoms with van der Waals surface area (Å²) >= 11 is 0. The van der Waals surface area contributed by atoms with Crippen LogP contribution in [0.15, 0.2) is 0 Å². The summed E-state index contributed by atoms with van der Waals surface area (Å²) in [5.74, 6) is 0.291. The summed E-state index contributed by atoms with van der Waals surface area (Å²) in [6.07, 6.45) is 2.90. The first-order chi connectivity index (χ1) is 9.11. The Kier molecular flexibility index (Phi) is 5.19. The second kappa shape index (κ2) is 6.68. The predicted molar refractivity (Wildman–Crippen MR) is 76.9 cm³/mol. The highest BCUT2D eigenvalue weighted by molar-refractivity contribution is 5.77. The molecule has 2 heterocycles. The minimum absolute atomic E-state index is 0.212. The van der Waals surface area contributed by atoms with Gasteiger partial charge in [0, 0.05) is 57.8 Å². The molecule has 0 aromatic heterocycles. The highest BCUT2D eigenvalue weighted by Crippen LogP contribution is 2.15. The lowest BCUT2D eigenvalue weighted by Gasteiger charge is -2.41. The van der Waals surface area contributed by atoms with Gasteiger partial charge in [0.15, 0.2) is 0 Å². The summed E-state index contributed by atoms with van der Waals surface area (Å²) in [6.45, 7) is 7.81. The van der Waals surface area contributed by atoms with E-state index in [1.807, 2.05) is 4.90 Å². The summed E-state index contributed by atoms with van der Waals surface area (Å²) in [5.41, 5.74) is 5.90.